The molecular formula is C24H15BrO5S. The van der Waals surface area contributed by atoms with Gasteiger partial charge >= 0.3 is 11.9 Å². The Balaban J connectivity index is 1.76. The Bertz CT molecular complexity index is 1310. The van der Waals surface area contributed by atoms with Gasteiger partial charge in [-0.25, -0.2) is 4.79 Å². The molecule has 0 amide bonds. The zero-order valence-electron chi connectivity index (χ0n) is 16.3. The van der Waals surface area contributed by atoms with Gasteiger partial charge in [-0.05, 0) is 48.5 Å². The molecule has 0 fully saturated rings. The van der Waals surface area contributed by atoms with Gasteiger partial charge in [0.25, 0.3) is 0 Å². The van der Waals surface area contributed by atoms with Gasteiger partial charge in [-0.15, -0.1) is 11.3 Å². The molecule has 3 aromatic carbocycles. The lowest BCUT2D eigenvalue weighted by molar-refractivity contribution is -0.131. The Hall–Kier alpha value is -3.29. The summed E-state index contributed by atoms with van der Waals surface area (Å²) in [5, 5.41) is 0.659. The van der Waals surface area contributed by atoms with E-state index in [1.807, 2.05) is 18.2 Å². The molecule has 31 heavy (non-hydrogen) atoms. The second-order valence-electron chi connectivity index (χ2n) is 6.57. The summed E-state index contributed by atoms with van der Waals surface area (Å²) in [5.74, 6) is -1.22. The van der Waals surface area contributed by atoms with Gasteiger partial charge in [0.15, 0.2) is 5.75 Å². The van der Waals surface area contributed by atoms with Crippen LogP contribution in [0.4, 0.5) is 0 Å². The van der Waals surface area contributed by atoms with Crippen LogP contribution in [-0.4, -0.2) is 17.7 Å². The summed E-state index contributed by atoms with van der Waals surface area (Å²) in [6, 6.07) is 20.6. The maximum Gasteiger partial charge on any atom is 0.347 e. The molecule has 0 spiro atoms. The Labute approximate surface area is 190 Å². The summed E-state index contributed by atoms with van der Waals surface area (Å²) in [6.45, 7) is 1.25. The average molecular weight is 495 g/mol. The third-order valence-corrected chi connectivity index (χ3v) is 6.10. The molecule has 4 rings (SSSR count). The van der Waals surface area contributed by atoms with Crippen LogP contribution in [0.1, 0.15) is 32.5 Å². The van der Waals surface area contributed by atoms with Crippen molar-refractivity contribution in [3.8, 4) is 11.5 Å². The van der Waals surface area contributed by atoms with E-state index in [2.05, 4.69) is 15.9 Å². The molecule has 7 heteroatoms. The first kappa shape index (κ1) is 21.0. The second-order valence-corrected chi connectivity index (χ2v) is 8.54. The molecule has 0 saturated heterocycles. The molecule has 0 atom stereocenters. The quantitative estimate of drug-likeness (QED) is 0.192. The summed E-state index contributed by atoms with van der Waals surface area (Å²) in [7, 11) is 0. The Morgan fingerprint density at radius 2 is 1.52 bits per heavy atom. The third kappa shape index (κ3) is 4.42. The molecule has 4 aromatic rings. The van der Waals surface area contributed by atoms with E-state index in [-0.39, 0.29) is 22.8 Å². The number of benzene rings is 3. The van der Waals surface area contributed by atoms with Crippen LogP contribution in [0.2, 0.25) is 0 Å². The minimum absolute atomic E-state index is 0.0926. The molecule has 0 aliphatic rings. The van der Waals surface area contributed by atoms with Crippen LogP contribution in [-0.2, 0) is 4.79 Å². The summed E-state index contributed by atoms with van der Waals surface area (Å²) in [6.07, 6.45) is 0. The number of carbonyl (C=O) groups is 3. The van der Waals surface area contributed by atoms with Crippen molar-refractivity contribution < 1.29 is 23.9 Å². The van der Waals surface area contributed by atoms with E-state index in [9.17, 15) is 14.4 Å². The maximum atomic E-state index is 13.2. The Morgan fingerprint density at radius 1 is 0.839 bits per heavy atom. The second kappa shape index (κ2) is 8.83. The first-order chi connectivity index (χ1) is 14.9. The number of carbonyl (C=O) groups excluding carboxylic acids is 3. The standard InChI is InChI=1S/C24H15BrO5S/c1-14(26)29-19-8-4-2-6-17(19)24(28)30-22-18-7-3-5-9-20(18)31-23(22)21(27)15-10-12-16(25)13-11-15/h2-13H,1H3. The monoisotopic (exact) mass is 494 g/mol. The zero-order chi connectivity index (χ0) is 22.0. The molecule has 0 radical (unpaired) electrons. The highest BCUT2D eigenvalue weighted by Crippen LogP contribution is 2.40. The SMILES string of the molecule is CC(=O)Oc1ccccc1C(=O)Oc1c(C(=O)c2ccc(Br)cc2)sc2ccccc12. The molecule has 0 aliphatic heterocycles. The molecule has 0 bridgehead atoms. The zero-order valence-corrected chi connectivity index (χ0v) is 18.7. The number of ketones is 1. The summed E-state index contributed by atoms with van der Waals surface area (Å²) < 4.78 is 12.5. The number of hydrogen-bond donors (Lipinski definition) is 0. The average Bonchev–Trinajstić information content (AvgIpc) is 3.12. The van der Waals surface area contributed by atoms with Crippen molar-refractivity contribution in [3.05, 3.63) is 93.3 Å². The fourth-order valence-corrected chi connectivity index (χ4v) is 4.39. The summed E-state index contributed by atoms with van der Waals surface area (Å²) >= 11 is 4.62. The van der Waals surface area contributed by atoms with Crippen LogP contribution >= 0.6 is 27.3 Å². The lowest BCUT2D eigenvalue weighted by Gasteiger charge is -2.10. The van der Waals surface area contributed by atoms with E-state index in [1.165, 1.54) is 30.4 Å². The van der Waals surface area contributed by atoms with E-state index in [0.717, 1.165) is 9.17 Å². The van der Waals surface area contributed by atoms with Crippen LogP contribution in [0, 0.1) is 0 Å². The number of hydrogen-bond acceptors (Lipinski definition) is 6. The van der Waals surface area contributed by atoms with Crippen LogP contribution in [0.15, 0.2) is 77.3 Å². The topological polar surface area (TPSA) is 69.7 Å². The molecule has 0 unspecified atom stereocenters. The van der Waals surface area contributed by atoms with Crippen molar-refractivity contribution in [3.63, 3.8) is 0 Å². The predicted octanol–water partition coefficient (Wildman–Crippen LogP) is 6.04. The van der Waals surface area contributed by atoms with E-state index in [4.69, 9.17) is 9.47 Å². The number of halogens is 1. The highest BCUT2D eigenvalue weighted by Gasteiger charge is 2.25. The van der Waals surface area contributed by atoms with Gasteiger partial charge in [0.1, 0.15) is 16.2 Å². The Kier molecular flexibility index (Phi) is 5.97. The van der Waals surface area contributed by atoms with Crippen molar-refractivity contribution in [2.75, 3.05) is 0 Å². The van der Waals surface area contributed by atoms with E-state index in [0.29, 0.717) is 15.8 Å². The fourth-order valence-electron chi connectivity index (χ4n) is 3.03. The Morgan fingerprint density at radius 3 is 2.26 bits per heavy atom. The van der Waals surface area contributed by atoms with Gasteiger partial charge in [-0.1, -0.05) is 40.2 Å². The van der Waals surface area contributed by atoms with Gasteiger partial charge in [-0.2, -0.15) is 0 Å². The number of fused-ring (bicyclic) bond motifs is 1. The van der Waals surface area contributed by atoms with Crippen molar-refractivity contribution in [2.24, 2.45) is 0 Å². The number of esters is 2. The molecule has 154 valence electrons. The van der Waals surface area contributed by atoms with Crippen molar-refractivity contribution in [1.82, 2.24) is 0 Å². The molecular weight excluding hydrogens is 480 g/mol. The highest BCUT2D eigenvalue weighted by molar-refractivity contribution is 9.10. The largest absolute Gasteiger partial charge is 0.426 e. The van der Waals surface area contributed by atoms with Gasteiger partial charge < -0.3 is 9.47 Å². The first-order valence-corrected chi connectivity index (χ1v) is 10.9. The smallest absolute Gasteiger partial charge is 0.347 e. The van der Waals surface area contributed by atoms with Gasteiger partial charge in [0.05, 0.1) is 0 Å². The van der Waals surface area contributed by atoms with E-state index < -0.39 is 11.9 Å². The molecule has 0 N–H and O–H groups in total. The lowest BCUT2D eigenvalue weighted by atomic mass is 10.1. The normalized spacial score (nSPS) is 10.6. The van der Waals surface area contributed by atoms with Gasteiger partial charge in [0.2, 0.25) is 5.78 Å². The minimum atomic E-state index is -0.717. The van der Waals surface area contributed by atoms with Gasteiger partial charge in [-0.3, -0.25) is 9.59 Å². The minimum Gasteiger partial charge on any atom is -0.426 e. The number of thiophene rings is 1. The maximum absolute atomic E-state index is 13.2. The number of ether oxygens (including phenoxy) is 2. The van der Waals surface area contributed by atoms with Gasteiger partial charge in [0, 0.05) is 27.0 Å². The summed E-state index contributed by atoms with van der Waals surface area (Å²) in [4.78, 5) is 37.9. The number of para-hydroxylation sites is 1. The fraction of sp³-hybridized carbons (Fsp3) is 0.0417. The number of rotatable bonds is 5. The molecule has 1 heterocycles. The lowest BCUT2D eigenvalue weighted by Crippen LogP contribution is -2.13. The van der Waals surface area contributed by atoms with Crippen LogP contribution < -0.4 is 9.47 Å². The van der Waals surface area contributed by atoms with Crippen LogP contribution in [0.3, 0.4) is 0 Å². The third-order valence-electron chi connectivity index (χ3n) is 4.42. The predicted molar refractivity (Wildman–Crippen MR) is 122 cm³/mol. The van der Waals surface area contributed by atoms with E-state index in [1.54, 1.807) is 42.5 Å². The molecule has 5 nitrogen and oxygen atoms in total. The first-order valence-electron chi connectivity index (χ1n) is 9.25. The molecule has 0 saturated carbocycles. The highest BCUT2D eigenvalue weighted by atomic mass is 79.9. The molecule has 0 aliphatic carbocycles. The van der Waals surface area contributed by atoms with Crippen LogP contribution in [0.25, 0.3) is 10.1 Å². The molecule has 1 aromatic heterocycles. The van der Waals surface area contributed by atoms with Crippen LogP contribution in [0.5, 0.6) is 11.5 Å². The van der Waals surface area contributed by atoms with Crippen molar-refractivity contribution in [2.45, 2.75) is 6.92 Å². The van der Waals surface area contributed by atoms with Crippen molar-refractivity contribution in [1.29, 1.82) is 0 Å². The van der Waals surface area contributed by atoms with E-state index >= 15 is 0 Å². The van der Waals surface area contributed by atoms with Crippen molar-refractivity contribution >= 4 is 55.1 Å². The summed E-state index contributed by atoms with van der Waals surface area (Å²) in [5.41, 5.74) is 0.572.